The summed E-state index contributed by atoms with van der Waals surface area (Å²) in [5.74, 6) is 1.14. The van der Waals surface area contributed by atoms with Crippen molar-refractivity contribution in [2.75, 3.05) is 23.3 Å². The molecule has 0 radical (unpaired) electrons. The van der Waals surface area contributed by atoms with Crippen molar-refractivity contribution in [3.8, 4) is 0 Å². The molecule has 1 aromatic heterocycles. The smallest absolute Gasteiger partial charge is 0.149 e. The van der Waals surface area contributed by atoms with Gasteiger partial charge in [0.05, 0.1) is 11.8 Å². The van der Waals surface area contributed by atoms with Gasteiger partial charge in [0.1, 0.15) is 11.6 Å². The van der Waals surface area contributed by atoms with E-state index in [0.717, 1.165) is 0 Å². The fourth-order valence-electron chi connectivity index (χ4n) is 1.03. The second-order valence-electron chi connectivity index (χ2n) is 3.86. The van der Waals surface area contributed by atoms with E-state index >= 15 is 0 Å². The maximum Gasteiger partial charge on any atom is 0.149 e. The molecule has 0 fully saturated rings. The number of nitrogens with zero attached hydrogens (tertiary/aromatic N) is 1. The standard InChI is InChI=1S/C10H18N4O/c1-6(2)8(15)5-13-9-4-3-7(11)10(12)14-9/h3-4,6,8,15H,5,11H2,1-2H3,(H3,12,13,14). The highest BCUT2D eigenvalue weighted by molar-refractivity contribution is 5.61. The topological polar surface area (TPSA) is 97.2 Å². The molecule has 1 unspecified atom stereocenters. The van der Waals surface area contributed by atoms with Crippen LogP contribution in [-0.2, 0) is 0 Å². The molecule has 0 aliphatic heterocycles. The molecule has 0 saturated heterocycles. The van der Waals surface area contributed by atoms with Crippen LogP contribution in [-0.4, -0.2) is 22.7 Å². The minimum atomic E-state index is -0.398. The number of rotatable bonds is 4. The average molecular weight is 210 g/mol. The van der Waals surface area contributed by atoms with Crippen LogP contribution in [0.4, 0.5) is 17.3 Å². The number of nitrogens with one attached hydrogen (secondary N) is 1. The zero-order valence-electron chi connectivity index (χ0n) is 9.07. The average Bonchev–Trinajstić information content (AvgIpc) is 2.19. The summed E-state index contributed by atoms with van der Waals surface area (Å²) in [5.41, 5.74) is 11.5. The zero-order valence-corrected chi connectivity index (χ0v) is 9.07. The number of hydrogen-bond donors (Lipinski definition) is 4. The third-order valence-electron chi connectivity index (χ3n) is 2.22. The second-order valence-corrected chi connectivity index (χ2v) is 3.86. The van der Waals surface area contributed by atoms with Gasteiger partial charge in [-0.05, 0) is 18.1 Å². The lowest BCUT2D eigenvalue weighted by Crippen LogP contribution is -2.25. The van der Waals surface area contributed by atoms with E-state index in [4.69, 9.17) is 11.5 Å². The summed E-state index contributed by atoms with van der Waals surface area (Å²) >= 11 is 0. The Kier molecular flexibility index (Phi) is 3.74. The van der Waals surface area contributed by atoms with Gasteiger partial charge in [-0.25, -0.2) is 4.98 Å². The normalized spacial score (nSPS) is 12.8. The van der Waals surface area contributed by atoms with Gasteiger partial charge >= 0.3 is 0 Å². The monoisotopic (exact) mass is 210 g/mol. The number of nitrogens with two attached hydrogens (primary N) is 2. The first kappa shape index (κ1) is 11.6. The van der Waals surface area contributed by atoms with Crippen LogP contribution in [0.1, 0.15) is 13.8 Å². The number of aromatic nitrogens is 1. The summed E-state index contributed by atoms with van der Waals surface area (Å²) in [6.45, 7) is 4.36. The summed E-state index contributed by atoms with van der Waals surface area (Å²) in [6.07, 6.45) is -0.398. The van der Waals surface area contributed by atoms with Gasteiger partial charge in [0, 0.05) is 6.54 Å². The number of pyridine rings is 1. The van der Waals surface area contributed by atoms with Crippen molar-refractivity contribution < 1.29 is 5.11 Å². The molecule has 15 heavy (non-hydrogen) atoms. The lowest BCUT2D eigenvalue weighted by Gasteiger charge is -2.15. The Hall–Kier alpha value is -1.49. The van der Waals surface area contributed by atoms with Crippen LogP contribution in [0.2, 0.25) is 0 Å². The summed E-state index contributed by atoms with van der Waals surface area (Å²) < 4.78 is 0. The SMILES string of the molecule is CC(C)C(O)CNc1ccc(N)c(N)n1. The van der Waals surface area contributed by atoms with Crippen molar-refractivity contribution in [2.24, 2.45) is 5.92 Å². The molecule has 5 nitrogen and oxygen atoms in total. The lowest BCUT2D eigenvalue weighted by molar-refractivity contribution is 0.138. The van der Waals surface area contributed by atoms with Gasteiger partial charge in [-0.15, -0.1) is 0 Å². The number of hydrogen-bond acceptors (Lipinski definition) is 5. The Balaban J connectivity index is 2.55. The number of nitrogen functional groups attached to an aromatic ring is 2. The fourth-order valence-corrected chi connectivity index (χ4v) is 1.03. The van der Waals surface area contributed by atoms with Crippen molar-refractivity contribution in [2.45, 2.75) is 20.0 Å². The molecule has 0 bridgehead atoms. The van der Waals surface area contributed by atoms with Crippen LogP contribution in [0.25, 0.3) is 0 Å². The molecule has 6 N–H and O–H groups in total. The molecule has 1 heterocycles. The molecule has 0 aliphatic carbocycles. The summed E-state index contributed by atoms with van der Waals surface area (Å²) in [5, 5.41) is 12.6. The number of aliphatic hydroxyl groups is 1. The van der Waals surface area contributed by atoms with Gasteiger partial charge in [-0.3, -0.25) is 0 Å². The molecular weight excluding hydrogens is 192 g/mol. The quantitative estimate of drug-likeness (QED) is 0.585. The van der Waals surface area contributed by atoms with Gasteiger partial charge in [-0.2, -0.15) is 0 Å². The van der Waals surface area contributed by atoms with Crippen molar-refractivity contribution in [1.29, 1.82) is 0 Å². The molecule has 1 aromatic rings. The van der Waals surface area contributed by atoms with E-state index in [1.54, 1.807) is 12.1 Å². The van der Waals surface area contributed by atoms with E-state index in [1.807, 2.05) is 13.8 Å². The summed E-state index contributed by atoms with van der Waals surface area (Å²) in [6, 6.07) is 3.42. The Morgan fingerprint density at radius 2 is 2.07 bits per heavy atom. The van der Waals surface area contributed by atoms with Crippen molar-refractivity contribution in [3.63, 3.8) is 0 Å². The predicted molar refractivity (Wildman–Crippen MR) is 62.4 cm³/mol. The van der Waals surface area contributed by atoms with Gasteiger partial charge in [-0.1, -0.05) is 13.8 Å². The summed E-state index contributed by atoms with van der Waals surface area (Å²) in [4.78, 5) is 4.03. The highest BCUT2D eigenvalue weighted by Crippen LogP contribution is 2.14. The molecule has 5 heteroatoms. The van der Waals surface area contributed by atoms with E-state index in [9.17, 15) is 5.11 Å². The van der Waals surface area contributed by atoms with Crippen LogP contribution >= 0.6 is 0 Å². The first-order valence-corrected chi connectivity index (χ1v) is 4.94. The third kappa shape index (κ3) is 3.28. The van der Waals surface area contributed by atoms with Crippen molar-refractivity contribution in [3.05, 3.63) is 12.1 Å². The molecule has 1 atom stereocenters. The van der Waals surface area contributed by atoms with Crippen molar-refractivity contribution >= 4 is 17.3 Å². The Bertz CT molecular complexity index is 327. The van der Waals surface area contributed by atoms with Crippen LogP contribution < -0.4 is 16.8 Å². The minimum absolute atomic E-state index is 0.212. The van der Waals surface area contributed by atoms with E-state index in [-0.39, 0.29) is 5.92 Å². The highest BCUT2D eigenvalue weighted by Gasteiger charge is 2.08. The molecule has 0 saturated carbocycles. The van der Waals surface area contributed by atoms with Gasteiger partial charge in [0.15, 0.2) is 0 Å². The Morgan fingerprint density at radius 1 is 1.40 bits per heavy atom. The molecule has 0 aromatic carbocycles. The molecule has 0 amide bonds. The first-order chi connectivity index (χ1) is 7.00. The fraction of sp³-hybridized carbons (Fsp3) is 0.500. The van der Waals surface area contributed by atoms with E-state index in [1.165, 1.54) is 0 Å². The zero-order chi connectivity index (χ0) is 11.4. The van der Waals surface area contributed by atoms with E-state index < -0.39 is 6.10 Å². The van der Waals surface area contributed by atoms with Crippen LogP contribution in [0.3, 0.4) is 0 Å². The number of aliphatic hydroxyl groups excluding tert-OH is 1. The molecule has 84 valence electrons. The van der Waals surface area contributed by atoms with Crippen LogP contribution in [0, 0.1) is 5.92 Å². The third-order valence-corrected chi connectivity index (χ3v) is 2.22. The molecule has 0 aliphatic rings. The van der Waals surface area contributed by atoms with Crippen LogP contribution in [0.5, 0.6) is 0 Å². The highest BCUT2D eigenvalue weighted by atomic mass is 16.3. The molecule has 0 spiro atoms. The number of anilines is 3. The largest absolute Gasteiger partial charge is 0.396 e. The predicted octanol–water partition coefficient (Wildman–Crippen LogP) is 0.675. The van der Waals surface area contributed by atoms with Crippen molar-refractivity contribution in [1.82, 2.24) is 4.98 Å². The Morgan fingerprint density at radius 3 is 2.60 bits per heavy atom. The molecular formula is C10H18N4O. The first-order valence-electron chi connectivity index (χ1n) is 4.94. The van der Waals surface area contributed by atoms with Gasteiger partial charge < -0.3 is 21.9 Å². The van der Waals surface area contributed by atoms with E-state index in [0.29, 0.717) is 23.9 Å². The van der Waals surface area contributed by atoms with Gasteiger partial charge in [0.25, 0.3) is 0 Å². The maximum atomic E-state index is 9.57. The second kappa shape index (κ2) is 4.84. The lowest BCUT2D eigenvalue weighted by atomic mass is 10.1. The van der Waals surface area contributed by atoms with E-state index in [2.05, 4.69) is 10.3 Å². The maximum absolute atomic E-state index is 9.57. The Labute approximate surface area is 89.5 Å². The minimum Gasteiger partial charge on any atom is -0.396 e. The van der Waals surface area contributed by atoms with Crippen LogP contribution in [0.15, 0.2) is 12.1 Å². The molecule has 1 rings (SSSR count). The van der Waals surface area contributed by atoms with Gasteiger partial charge in [0.2, 0.25) is 0 Å². The summed E-state index contributed by atoms with van der Waals surface area (Å²) in [7, 11) is 0.